The van der Waals surface area contributed by atoms with Gasteiger partial charge in [0.25, 0.3) is 0 Å². The van der Waals surface area contributed by atoms with Gasteiger partial charge in [-0.05, 0) is 29.7 Å². The van der Waals surface area contributed by atoms with Crippen LogP contribution < -0.4 is 4.90 Å². The van der Waals surface area contributed by atoms with E-state index in [1.165, 1.54) is 6.33 Å². The molecule has 4 rings (SSSR count). The van der Waals surface area contributed by atoms with Crippen LogP contribution >= 0.6 is 11.6 Å². The fraction of sp³-hybridized carbons (Fsp3) is 0.211. The van der Waals surface area contributed by atoms with Gasteiger partial charge in [0, 0.05) is 11.9 Å². The summed E-state index contributed by atoms with van der Waals surface area (Å²) >= 11 is 6.03. The Balaban J connectivity index is 1.83. The molecule has 5 nitrogen and oxygen atoms in total. The monoisotopic (exact) mass is 352 g/mol. The molecule has 0 saturated carbocycles. The molecular weight excluding hydrogens is 336 g/mol. The van der Waals surface area contributed by atoms with Gasteiger partial charge in [-0.25, -0.2) is 4.68 Å². The van der Waals surface area contributed by atoms with Gasteiger partial charge in [-0.15, -0.1) is 0 Å². The standard InChI is InChI=1S/C19H17ClN4O/c1-13(25)23-17(14-5-3-2-4-6-14)11-18(24-19(23)21-12-22-24)15-7-9-16(20)10-8-15/h2-10,12,17-18H,11H2,1H3/t17-,18+/m1/s1. The molecule has 1 aliphatic rings. The van der Waals surface area contributed by atoms with Crippen LogP contribution in [0.2, 0.25) is 5.02 Å². The van der Waals surface area contributed by atoms with Crippen LogP contribution in [0.4, 0.5) is 5.95 Å². The molecule has 2 aromatic carbocycles. The molecule has 0 aliphatic carbocycles. The second-order valence-electron chi connectivity index (χ2n) is 6.12. The number of hydrogen-bond donors (Lipinski definition) is 0. The van der Waals surface area contributed by atoms with Gasteiger partial charge < -0.3 is 0 Å². The van der Waals surface area contributed by atoms with E-state index in [9.17, 15) is 4.79 Å². The molecule has 2 atom stereocenters. The fourth-order valence-corrected chi connectivity index (χ4v) is 3.60. The van der Waals surface area contributed by atoms with E-state index in [1.54, 1.807) is 11.8 Å². The van der Waals surface area contributed by atoms with Gasteiger partial charge in [-0.1, -0.05) is 54.1 Å². The third-order valence-corrected chi connectivity index (χ3v) is 4.85. The highest BCUT2D eigenvalue weighted by Crippen LogP contribution is 2.41. The van der Waals surface area contributed by atoms with Crippen LogP contribution in [0, 0.1) is 0 Å². The lowest BCUT2D eigenvalue weighted by molar-refractivity contribution is -0.117. The average molecular weight is 353 g/mol. The van der Waals surface area contributed by atoms with Crippen molar-refractivity contribution in [2.45, 2.75) is 25.4 Å². The minimum Gasteiger partial charge on any atom is -0.275 e. The predicted molar refractivity (Wildman–Crippen MR) is 96.6 cm³/mol. The smallest absolute Gasteiger partial charge is 0.231 e. The van der Waals surface area contributed by atoms with E-state index in [2.05, 4.69) is 10.1 Å². The lowest BCUT2D eigenvalue weighted by Gasteiger charge is -2.38. The fourth-order valence-electron chi connectivity index (χ4n) is 3.48. The molecule has 6 heteroatoms. The number of anilines is 1. The summed E-state index contributed by atoms with van der Waals surface area (Å²) in [5.41, 5.74) is 2.19. The van der Waals surface area contributed by atoms with E-state index in [-0.39, 0.29) is 18.0 Å². The Morgan fingerprint density at radius 2 is 1.72 bits per heavy atom. The molecule has 2 heterocycles. The van der Waals surface area contributed by atoms with Gasteiger partial charge in [0.2, 0.25) is 11.9 Å². The summed E-state index contributed by atoms with van der Waals surface area (Å²) in [4.78, 5) is 18.4. The highest BCUT2D eigenvalue weighted by atomic mass is 35.5. The quantitative estimate of drug-likeness (QED) is 0.700. The Hall–Kier alpha value is -2.66. The van der Waals surface area contributed by atoms with Crippen LogP contribution in [0.5, 0.6) is 0 Å². The average Bonchev–Trinajstić information content (AvgIpc) is 3.11. The first-order chi connectivity index (χ1) is 12.1. The summed E-state index contributed by atoms with van der Waals surface area (Å²) < 4.78 is 1.82. The molecule has 0 spiro atoms. The van der Waals surface area contributed by atoms with Crippen molar-refractivity contribution in [3.63, 3.8) is 0 Å². The zero-order chi connectivity index (χ0) is 17.4. The maximum absolute atomic E-state index is 12.4. The summed E-state index contributed by atoms with van der Waals surface area (Å²) in [5.74, 6) is 0.533. The number of carbonyl (C=O) groups excluding carboxylic acids is 1. The summed E-state index contributed by atoms with van der Waals surface area (Å²) in [5, 5.41) is 5.07. The number of rotatable bonds is 2. The minimum absolute atomic E-state index is 0.00410. The van der Waals surface area contributed by atoms with Crippen LogP contribution in [0.3, 0.4) is 0 Å². The van der Waals surface area contributed by atoms with Crippen LogP contribution in [0.1, 0.15) is 36.6 Å². The van der Waals surface area contributed by atoms with Crippen LogP contribution in [-0.4, -0.2) is 20.7 Å². The van der Waals surface area contributed by atoms with Crippen molar-refractivity contribution in [1.29, 1.82) is 0 Å². The zero-order valence-corrected chi connectivity index (χ0v) is 14.5. The first kappa shape index (κ1) is 15.8. The molecule has 3 aromatic rings. The van der Waals surface area contributed by atoms with E-state index in [0.29, 0.717) is 11.0 Å². The molecule has 0 unspecified atom stereocenters. The lowest BCUT2D eigenvalue weighted by Crippen LogP contribution is -2.41. The summed E-state index contributed by atoms with van der Waals surface area (Å²) in [6.45, 7) is 1.57. The van der Waals surface area contributed by atoms with Crippen molar-refractivity contribution >= 4 is 23.5 Å². The highest BCUT2D eigenvalue weighted by Gasteiger charge is 2.37. The maximum Gasteiger partial charge on any atom is 0.231 e. The Morgan fingerprint density at radius 1 is 1.04 bits per heavy atom. The first-order valence-corrected chi connectivity index (χ1v) is 8.52. The highest BCUT2D eigenvalue weighted by molar-refractivity contribution is 6.30. The molecule has 1 aromatic heterocycles. The molecule has 0 fully saturated rings. The van der Waals surface area contributed by atoms with Crippen LogP contribution in [0.15, 0.2) is 60.9 Å². The molecule has 25 heavy (non-hydrogen) atoms. The predicted octanol–water partition coefficient (Wildman–Crippen LogP) is 4.02. The Labute approximate surface area is 150 Å². The van der Waals surface area contributed by atoms with E-state index in [0.717, 1.165) is 17.5 Å². The van der Waals surface area contributed by atoms with E-state index >= 15 is 0 Å². The Kier molecular flexibility index (Phi) is 4.01. The van der Waals surface area contributed by atoms with Gasteiger partial charge in [0.1, 0.15) is 6.33 Å². The SMILES string of the molecule is CC(=O)N1c2ncnn2[C@H](c2ccc(Cl)cc2)C[C@@H]1c1ccccc1. The number of fused-ring (bicyclic) bond motifs is 1. The molecule has 1 aliphatic heterocycles. The number of aromatic nitrogens is 3. The van der Waals surface area contributed by atoms with Crippen molar-refractivity contribution < 1.29 is 4.79 Å². The molecule has 0 bridgehead atoms. The maximum atomic E-state index is 12.4. The Morgan fingerprint density at radius 3 is 2.40 bits per heavy atom. The van der Waals surface area contributed by atoms with E-state index in [1.807, 2.05) is 59.3 Å². The summed E-state index contributed by atoms with van der Waals surface area (Å²) in [6.07, 6.45) is 2.23. The largest absolute Gasteiger partial charge is 0.275 e. The topological polar surface area (TPSA) is 51.0 Å². The number of halogens is 1. The number of nitrogens with zero attached hydrogens (tertiary/aromatic N) is 4. The molecule has 0 radical (unpaired) electrons. The van der Waals surface area contributed by atoms with Gasteiger partial charge in [0.05, 0.1) is 12.1 Å². The zero-order valence-electron chi connectivity index (χ0n) is 13.7. The third-order valence-electron chi connectivity index (χ3n) is 4.60. The summed E-state index contributed by atoms with van der Waals surface area (Å²) in [7, 11) is 0. The number of carbonyl (C=O) groups is 1. The summed E-state index contributed by atoms with van der Waals surface area (Å²) in [6, 6.07) is 17.7. The normalized spacial score (nSPS) is 19.5. The van der Waals surface area contributed by atoms with Gasteiger partial charge in [0.15, 0.2) is 0 Å². The molecular formula is C19H17ClN4O. The number of hydrogen-bond acceptors (Lipinski definition) is 3. The lowest BCUT2D eigenvalue weighted by atomic mass is 9.92. The van der Waals surface area contributed by atoms with Gasteiger partial charge >= 0.3 is 0 Å². The second kappa shape index (κ2) is 6.33. The van der Waals surface area contributed by atoms with Gasteiger partial charge in [-0.2, -0.15) is 10.1 Å². The third kappa shape index (κ3) is 2.81. The van der Waals surface area contributed by atoms with E-state index in [4.69, 9.17) is 11.6 Å². The number of amides is 1. The molecule has 126 valence electrons. The van der Waals surface area contributed by atoms with Gasteiger partial charge in [-0.3, -0.25) is 9.69 Å². The second-order valence-corrected chi connectivity index (χ2v) is 6.56. The molecule has 0 N–H and O–H groups in total. The van der Waals surface area contributed by atoms with Crippen molar-refractivity contribution in [3.8, 4) is 0 Å². The van der Waals surface area contributed by atoms with Crippen LogP contribution in [0.25, 0.3) is 0 Å². The van der Waals surface area contributed by atoms with Crippen molar-refractivity contribution in [2.75, 3.05) is 4.90 Å². The number of benzene rings is 2. The van der Waals surface area contributed by atoms with Crippen molar-refractivity contribution in [3.05, 3.63) is 77.1 Å². The van der Waals surface area contributed by atoms with Crippen molar-refractivity contribution in [1.82, 2.24) is 14.8 Å². The van der Waals surface area contributed by atoms with Crippen molar-refractivity contribution in [2.24, 2.45) is 0 Å². The first-order valence-electron chi connectivity index (χ1n) is 8.15. The minimum atomic E-state index is -0.0870. The molecule has 0 saturated heterocycles. The van der Waals surface area contributed by atoms with Crippen LogP contribution in [-0.2, 0) is 4.79 Å². The van der Waals surface area contributed by atoms with E-state index < -0.39 is 0 Å². The Bertz CT molecular complexity index is 891. The molecule has 1 amide bonds.